The van der Waals surface area contributed by atoms with Gasteiger partial charge in [0.25, 0.3) is 0 Å². The van der Waals surface area contributed by atoms with Gasteiger partial charge in [-0.2, -0.15) is 5.26 Å². The SMILES string of the molecule is COc1ccc(Sc2ccc(C#N)c(C(=O)O)c2)cc1. The Morgan fingerprint density at radius 1 is 1.20 bits per heavy atom. The van der Waals surface area contributed by atoms with Crippen LogP contribution in [0.15, 0.2) is 52.3 Å². The number of nitriles is 1. The highest BCUT2D eigenvalue weighted by Gasteiger charge is 2.11. The first-order valence-electron chi connectivity index (χ1n) is 5.73. The maximum atomic E-state index is 11.1. The van der Waals surface area contributed by atoms with E-state index in [1.165, 1.54) is 23.9 Å². The monoisotopic (exact) mass is 285 g/mol. The van der Waals surface area contributed by atoms with E-state index in [-0.39, 0.29) is 11.1 Å². The normalized spacial score (nSPS) is 9.80. The molecule has 0 spiro atoms. The fourth-order valence-electron chi connectivity index (χ4n) is 1.64. The topological polar surface area (TPSA) is 70.3 Å². The molecule has 0 saturated heterocycles. The van der Waals surface area contributed by atoms with Gasteiger partial charge in [0.2, 0.25) is 0 Å². The number of methoxy groups -OCH3 is 1. The number of carboxylic acids is 1. The number of aromatic carboxylic acids is 1. The van der Waals surface area contributed by atoms with Crippen LogP contribution in [-0.4, -0.2) is 18.2 Å². The quantitative estimate of drug-likeness (QED) is 0.932. The minimum Gasteiger partial charge on any atom is -0.497 e. The maximum Gasteiger partial charge on any atom is 0.337 e. The van der Waals surface area contributed by atoms with Crippen molar-refractivity contribution in [3.63, 3.8) is 0 Å². The van der Waals surface area contributed by atoms with Gasteiger partial charge in [-0.05, 0) is 42.5 Å². The van der Waals surface area contributed by atoms with E-state index < -0.39 is 5.97 Å². The van der Waals surface area contributed by atoms with Gasteiger partial charge in [-0.3, -0.25) is 0 Å². The lowest BCUT2D eigenvalue weighted by Gasteiger charge is -2.05. The van der Waals surface area contributed by atoms with Crippen LogP contribution < -0.4 is 4.74 Å². The third kappa shape index (κ3) is 3.11. The second-order valence-electron chi connectivity index (χ2n) is 3.90. The van der Waals surface area contributed by atoms with E-state index in [1.54, 1.807) is 13.2 Å². The van der Waals surface area contributed by atoms with E-state index >= 15 is 0 Å². The lowest BCUT2D eigenvalue weighted by molar-refractivity contribution is 0.0696. The zero-order chi connectivity index (χ0) is 14.5. The molecule has 5 heteroatoms. The minimum absolute atomic E-state index is 0.0195. The summed E-state index contributed by atoms with van der Waals surface area (Å²) in [5.74, 6) is -0.334. The molecular weight excluding hydrogens is 274 g/mol. The highest BCUT2D eigenvalue weighted by atomic mass is 32.2. The largest absolute Gasteiger partial charge is 0.497 e. The molecule has 2 rings (SSSR count). The smallest absolute Gasteiger partial charge is 0.337 e. The number of ether oxygens (including phenoxy) is 1. The average Bonchev–Trinajstić information content (AvgIpc) is 2.48. The molecule has 100 valence electrons. The zero-order valence-electron chi connectivity index (χ0n) is 10.7. The summed E-state index contributed by atoms with van der Waals surface area (Å²) < 4.78 is 5.08. The molecule has 0 aliphatic carbocycles. The first kappa shape index (κ1) is 14.0. The van der Waals surface area contributed by atoms with E-state index in [2.05, 4.69) is 0 Å². The Hall–Kier alpha value is -2.45. The van der Waals surface area contributed by atoms with Crippen LogP contribution in [0, 0.1) is 11.3 Å². The summed E-state index contributed by atoms with van der Waals surface area (Å²) in [6.07, 6.45) is 0. The van der Waals surface area contributed by atoms with Gasteiger partial charge < -0.3 is 9.84 Å². The van der Waals surface area contributed by atoms with Gasteiger partial charge in [0.15, 0.2) is 0 Å². The van der Waals surface area contributed by atoms with Gasteiger partial charge in [0.1, 0.15) is 11.8 Å². The van der Waals surface area contributed by atoms with Gasteiger partial charge in [-0.1, -0.05) is 11.8 Å². The molecular formula is C15H11NO3S. The number of carboxylic acid groups (broad SMARTS) is 1. The Bertz CT molecular complexity index is 675. The molecule has 2 aromatic carbocycles. The number of nitrogens with zero attached hydrogens (tertiary/aromatic N) is 1. The van der Waals surface area contributed by atoms with E-state index in [0.29, 0.717) is 0 Å². The molecule has 0 saturated carbocycles. The summed E-state index contributed by atoms with van der Waals surface area (Å²) in [6, 6.07) is 14.1. The third-order valence-electron chi connectivity index (χ3n) is 2.64. The van der Waals surface area contributed by atoms with Crippen molar-refractivity contribution >= 4 is 17.7 Å². The molecule has 0 fully saturated rings. The Kier molecular flexibility index (Phi) is 4.28. The van der Waals surface area contributed by atoms with Crippen LogP contribution in [0.3, 0.4) is 0 Å². The van der Waals surface area contributed by atoms with E-state index in [0.717, 1.165) is 15.5 Å². The van der Waals surface area contributed by atoms with Gasteiger partial charge in [-0.15, -0.1) is 0 Å². The van der Waals surface area contributed by atoms with Crippen molar-refractivity contribution < 1.29 is 14.6 Å². The molecule has 0 aliphatic rings. The fraction of sp³-hybridized carbons (Fsp3) is 0.0667. The average molecular weight is 285 g/mol. The van der Waals surface area contributed by atoms with Crippen molar-refractivity contribution in [3.8, 4) is 11.8 Å². The molecule has 0 radical (unpaired) electrons. The predicted molar refractivity (Wildman–Crippen MR) is 75.2 cm³/mol. The summed E-state index contributed by atoms with van der Waals surface area (Å²) in [5.41, 5.74) is 0.183. The fourth-order valence-corrected chi connectivity index (χ4v) is 2.50. The van der Waals surface area contributed by atoms with Crippen molar-refractivity contribution in [1.29, 1.82) is 5.26 Å². The van der Waals surface area contributed by atoms with Crippen molar-refractivity contribution in [2.24, 2.45) is 0 Å². The molecule has 0 heterocycles. The summed E-state index contributed by atoms with van der Waals surface area (Å²) in [6.45, 7) is 0. The number of rotatable bonds is 4. The van der Waals surface area contributed by atoms with E-state index in [1.807, 2.05) is 30.3 Å². The van der Waals surface area contributed by atoms with Crippen LogP contribution in [0.4, 0.5) is 0 Å². The van der Waals surface area contributed by atoms with Crippen LogP contribution >= 0.6 is 11.8 Å². The van der Waals surface area contributed by atoms with E-state index in [4.69, 9.17) is 15.1 Å². The first-order valence-corrected chi connectivity index (χ1v) is 6.55. The summed E-state index contributed by atoms with van der Waals surface area (Å²) >= 11 is 1.43. The van der Waals surface area contributed by atoms with Gasteiger partial charge in [0.05, 0.1) is 18.2 Å². The van der Waals surface area contributed by atoms with Crippen LogP contribution in [0.5, 0.6) is 5.75 Å². The van der Waals surface area contributed by atoms with Gasteiger partial charge in [-0.25, -0.2) is 4.79 Å². The van der Waals surface area contributed by atoms with Crippen LogP contribution in [0.25, 0.3) is 0 Å². The van der Waals surface area contributed by atoms with Crippen molar-refractivity contribution in [2.45, 2.75) is 9.79 Å². The highest BCUT2D eigenvalue weighted by Crippen LogP contribution is 2.30. The molecule has 0 amide bonds. The van der Waals surface area contributed by atoms with Crippen molar-refractivity contribution in [2.75, 3.05) is 7.11 Å². The lowest BCUT2D eigenvalue weighted by Crippen LogP contribution is -2.00. The number of hydrogen-bond donors (Lipinski definition) is 1. The summed E-state index contributed by atoms with van der Waals surface area (Å²) in [7, 11) is 1.60. The molecule has 20 heavy (non-hydrogen) atoms. The Morgan fingerprint density at radius 3 is 2.40 bits per heavy atom. The Balaban J connectivity index is 2.27. The number of benzene rings is 2. The third-order valence-corrected chi connectivity index (χ3v) is 3.63. The van der Waals surface area contributed by atoms with Crippen molar-refractivity contribution in [1.82, 2.24) is 0 Å². The first-order chi connectivity index (χ1) is 9.63. The standard InChI is InChI=1S/C15H11NO3S/c1-19-11-3-6-12(7-4-11)20-13-5-2-10(9-16)14(8-13)15(17)18/h2-8H,1H3,(H,17,18). The number of carbonyl (C=O) groups is 1. The van der Waals surface area contributed by atoms with Crippen LogP contribution in [-0.2, 0) is 0 Å². The molecule has 0 bridgehead atoms. The van der Waals surface area contributed by atoms with Crippen LogP contribution in [0.2, 0.25) is 0 Å². The second kappa shape index (κ2) is 6.13. The molecule has 0 unspecified atom stereocenters. The highest BCUT2D eigenvalue weighted by molar-refractivity contribution is 7.99. The number of hydrogen-bond acceptors (Lipinski definition) is 4. The molecule has 0 atom stereocenters. The summed E-state index contributed by atoms with van der Waals surface area (Å²) in [4.78, 5) is 12.8. The van der Waals surface area contributed by atoms with E-state index in [9.17, 15) is 4.79 Å². The Labute approximate surface area is 120 Å². The van der Waals surface area contributed by atoms with Gasteiger partial charge in [0, 0.05) is 9.79 Å². The van der Waals surface area contributed by atoms with Crippen molar-refractivity contribution in [3.05, 3.63) is 53.6 Å². The molecule has 0 aromatic heterocycles. The van der Waals surface area contributed by atoms with Crippen LogP contribution in [0.1, 0.15) is 15.9 Å². The summed E-state index contributed by atoms with van der Waals surface area (Å²) in [5, 5.41) is 18.0. The maximum absolute atomic E-state index is 11.1. The zero-order valence-corrected chi connectivity index (χ0v) is 11.5. The molecule has 2 aromatic rings. The molecule has 1 N–H and O–H groups in total. The molecule has 0 aliphatic heterocycles. The van der Waals surface area contributed by atoms with Gasteiger partial charge >= 0.3 is 5.97 Å². The lowest BCUT2D eigenvalue weighted by atomic mass is 10.1. The predicted octanol–water partition coefficient (Wildman–Crippen LogP) is 3.42. The Morgan fingerprint density at radius 2 is 1.85 bits per heavy atom. The molecule has 4 nitrogen and oxygen atoms in total. The second-order valence-corrected chi connectivity index (χ2v) is 5.05. The minimum atomic E-state index is -1.10.